The van der Waals surface area contributed by atoms with Gasteiger partial charge >= 0.3 is 5.97 Å². The van der Waals surface area contributed by atoms with Crippen molar-refractivity contribution in [2.75, 3.05) is 18.9 Å². The molecule has 0 fully saturated rings. The number of aromatic hydroxyl groups is 1. The highest BCUT2D eigenvalue weighted by Gasteiger charge is 2.17. The van der Waals surface area contributed by atoms with E-state index < -0.39 is 21.7 Å². The Bertz CT molecular complexity index is 1210. The number of methoxy groups -OCH3 is 2. The first-order valence-electron chi connectivity index (χ1n) is 8.67. The summed E-state index contributed by atoms with van der Waals surface area (Å²) < 4.78 is 38.4. The number of hydrogen-bond acceptors (Lipinski definition) is 6. The molecular formula is C21H19NO7S. The zero-order chi connectivity index (χ0) is 21.9. The molecule has 0 aliphatic heterocycles. The number of benzene rings is 3. The maximum absolute atomic E-state index is 12.8. The molecule has 8 nitrogen and oxygen atoms in total. The van der Waals surface area contributed by atoms with E-state index in [0.717, 1.165) is 17.7 Å². The molecule has 0 saturated carbocycles. The molecule has 0 aromatic heterocycles. The van der Waals surface area contributed by atoms with Crippen LogP contribution in [0.5, 0.6) is 17.2 Å². The van der Waals surface area contributed by atoms with Gasteiger partial charge in [-0.15, -0.1) is 0 Å². The predicted molar refractivity (Wildman–Crippen MR) is 111 cm³/mol. The topological polar surface area (TPSA) is 122 Å². The third-order valence-electron chi connectivity index (χ3n) is 4.34. The van der Waals surface area contributed by atoms with Crippen molar-refractivity contribution in [3.05, 3.63) is 66.2 Å². The Morgan fingerprint density at radius 3 is 2.23 bits per heavy atom. The second kappa shape index (κ2) is 8.34. The van der Waals surface area contributed by atoms with Gasteiger partial charge in [0.15, 0.2) is 11.5 Å². The summed E-state index contributed by atoms with van der Waals surface area (Å²) in [6.07, 6.45) is 0. The minimum atomic E-state index is -3.99. The van der Waals surface area contributed by atoms with E-state index in [9.17, 15) is 18.3 Å². The number of sulfonamides is 1. The van der Waals surface area contributed by atoms with Gasteiger partial charge in [-0.05, 0) is 47.5 Å². The fraction of sp³-hybridized carbons (Fsp3) is 0.0952. The van der Waals surface area contributed by atoms with Gasteiger partial charge in [-0.1, -0.05) is 18.2 Å². The van der Waals surface area contributed by atoms with E-state index in [4.69, 9.17) is 14.6 Å². The van der Waals surface area contributed by atoms with Gasteiger partial charge in [0.1, 0.15) is 11.3 Å². The Balaban J connectivity index is 1.93. The monoisotopic (exact) mass is 429 g/mol. The number of carboxylic acid groups (broad SMARTS) is 1. The Kier molecular flexibility index (Phi) is 5.84. The van der Waals surface area contributed by atoms with Crippen LogP contribution in [0.25, 0.3) is 11.1 Å². The Morgan fingerprint density at radius 2 is 1.60 bits per heavy atom. The fourth-order valence-electron chi connectivity index (χ4n) is 2.85. The summed E-state index contributed by atoms with van der Waals surface area (Å²) in [4.78, 5) is 11.0. The number of phenols is 1. The summed E-state index contributed by atoms with van der Waals surface area (Å²) in [7, 11) is -0.950. The molecule has 3 aromatic rings. The maximum Gasteiger partial charge on any atom is 0.339 e. The Labute approximate surface area is 173 Å². The Morgan fingerprint density at radius 1 is 0.900 bits per heavy atom. The molecule has 3 N–H and O–H groups in total. The lowest BCUT2D eigenvalue weighted by molar-refractivity contribution is 0.0693. The van der Waals surface area contributed by atoms with Crippen molar-refractivity contribution in [1.29, 1.82) is 0 Å². The van der Waals surface area contributed by atoms with Crippen LogP contribution in [0, 0.1) is 0 Å². The van der Waals surface area contributed by atoms with Crippen LogP contribution in [0.2, 0.25) is 0 Å². The van der Waals surface area contributed by atoms with Crippen LogP contribution >= 0.6 is 0 Å². The number of rotatable bonds is 7. The van der Waals surface area contributed by atoms with Crippen molar-refractivity contribution in [2.45, 2.75) is 4.90 Å². The number of anilines is 1. The summed E-state index contributed by atoms with van der Waals surface area (Å²) in [5.41, 5.74) is 1.08. The van der Waals surface area contributed by atoms with Crippen molar-refractivity contribution in [2.24, 2.45) is 0 Å². The molecule has 30 heavy (non-hydrogen) atoms. The fourth-order valence-corrected chi connectivity index (χ4v) is 3.94. The molecule has 0 atom stereocenters. The van der Waals surface area contributed by atoms with Gasteiger partial charge in [-0.25, -0.2) is 13.2 Å². The van der Waals surface area contributed by atoms with Gasteiger partial charge in [-0.2, -0.15) is 0 Å². The maximum atomic E-state index is 12.8. The van der Waals surface area contributed by atoms with Gasteiger partial charge in [0.2, 0.25) is 0 Å². The molecule has 156 valence electrons. The van der Waals surface area contributed by atoms with Crippen molar-refractivity contribution in [1.82, 2.24) is 0 Å². The van der Waals surface area contributed by atoms with E-state index in [2.05, 4.69) is 4.72 Å². The van der Waals surface area contributed by atoms with E-state index >= 15 is 0 Å². The average molecular weight is 429 g/mol. The molecule has 0 aliphatic rings. The molecule has 0 heterocycles. The van der Waals surface area contributed by atoms with E-state index in [-0.39, 0.29) is 16.1 Å². The SMILES string of the molecule is COc1ccc(-c2cccc(S(=O)(=O)Nc3ccc(C(=O)O)c(O)c3)c2)cc1OC. The molecule has 0 amide bonds. The van der Waals surface area contributed by atoms with Gasteiger partial charge < -0.3 is 19.7 Å². The summed E-state index contributed by atoms with van der Waals surface area (Å²) in [5, 5.41) is 18.7. The second-order valence-corrected chi connectivity index (χ2v) is 7.92. The molecule has 0 bridgehead atoms. The van der Waals surface area contributed by atoms with Gasteiger partial charge in [0.05, 0.1) is 24.8 Å². The second-order valence-electron chi connectivity index (χ2n) is 6.24. The minimum absolute atomic E-state index is 0.00316. The lowest BCUT2D eigenvalue weighted by Crippen LogP contribution is -2.13. The van der Waals surface area contributed by atoms with Crippen molar-refractivity contribution < 1.29 is 32.9 Å². The van der Waals surface area contributed by atoms with E-state index in [1.54, 1.807) is 30.3 Å². The normalized spacial score (nSPS) is 11.0. The average Bonchev–Trinajstić information content (AvgIpc) is 2.72. The highest BCUT2D eigenvalue weighted by atomic mass is 32.2. The van der Waals surface area contributed by atoms with Crippen molar-refractivity contribution in [3.8, 4) is 28.4 Å². The molecule has 3 rings (SSSR count). The van der Waals surface area contributed by atoms with Crippen molar-refractivity contribution in [3.63, 3.8) is 0 Å². The number of aromatic carboxylic acids is 1. The van der Waals surface area contributed by atoms with Crippen LogP contribution in [0.3, 0.4) is 0 Å². The first kappa shape index (κ1) is 21.0. The predicted octanol–water partition coefficient (Wildman–Crippen LogP) is 3.58. The number of carbonyl (C=O) groups is 1. The summed E-state index contributed by atoms with van der Waals surface area (Å²) in [6.45, 7) is 0. The number of hydrogen-bond donors (Lipinski definition) is 3. The quantitative estimate of drug-likeness (QED) is 0.525. The highest BCUT2D eigenvalue weighted by Crippen LogP contribution is 2.33. The van der Waals surface area contributed by atoms with Crippen LogP contribution in [0.15, 0.2) is 65.6 Å². The zero-order valence-electron chi connectivity index (χ0n) is 16.1. The van der Waals surface area contributed by atoms with Crippen LogP contribution in [-0.2, 0) is 10.0 Å². The molecule has 0 radical (unpaired) electrons. The van der Waals surface area contributed by atoms with E-state index in [1.165, 1.54) is 32.4 Å². The molecular weight excluding hydrogens is 410 g/mol. The van der Waals surface area contributed by atoms with Crippen LogP contribution in [-0.4, -0.2) is 38.8 Å². The molecule has 0 unspecified atom stereocenters. The third-order valence-corrected chi connectivity index (χ3v) is 5.72. The number of nitrogens with one attached hydrogen (secondary N) is 1. The first-order chi connectivity index (χ1) is 14.2. The Hall–Kier alpha value is -3.72. The van der Waals surface area contributed by atoms with Gasteiger partial charge in [0.25, 0.3) is 10.0 Å². The lowest BCUT2D eigenvalue weighted by Gasteiger charge is -2.12. The number of ether oxygens (including phenoxy) is 2. The van der Waals surface area contributed by atoms with Crippen LogP contribution in [0.4, 0.5) is 5.69 Å². The van der Waals surface area contributed by atoms with E-state index in [1.807, 2.05) is 0 Å². The molecule has 0 spiro atoms. The smallest absolute Gasteiger partial charge is 0.339 e. The largest absolute Gasteiger partial charge is 0.507 e. The van der Waals surface area contributed by atoms with Gasteiger partial charge in [-0.3, -0.25) is 4.72 Å². The summed E-state index contributed by atoms with van der Waals surface area (Å²) >= 11 is 0. The van der Waals surface area contributed by atoms with Crippen molar-refractivity contribution >= 4 is 21.7 Å². The first-order valence-corrected chi connectivity index (χ1v) is 10.1. The molecule has 0 saturated heterocycles. The molecule has 9 heteroatoms. The van der Waals surface area contributed by atoms with E-state index in [0.29, 0.717) is 17.1 Å². The lowest BCUT2D eigenvalue weighted by atomic mass is 10.1. The number of carboxylic acids is 1. The highest BCUT2D eigenvalue weighted by molar-refractivity contribution is 7.92. The third kappa shape index (κ3) is 4.31. The van der Waals surface area contributed by atoms with Crippen LogP contribution in [0.1, 0.15) is 10.4 Å². The molecule has 3 aromatic carbocycles. The minimum Gasteiger partial charge on any atom is -0.507 e. The molecule has 0 aliphatic carbocycles. The summed E-state index contributed by atoms with van der Waals surface area (Å²) in [5.74, 6) is -0.794. The van der Waals surface area contributed by atoms with Crippen LogP contribution < -0.4 is 14.2 Å². The van der Waals surface area contributed by atoms with Gasteiger partial charge in [0, 0.05) is 6.07 Å². The summed E-state index contributed by atoms with van der Waals surface area (Å²) in [6, 6.07) is 14.9. The standard InChI is InChI=1S/C21H19NO7S/c1-28-19-9-6-14(11-20(19)29-2)13-4-3-5-16(10-13)30(26,27)22-15-7-8-17(21(24)25)18(23)12-15/h3-12,22-23H,1-2H3,(H,24,25). The zero-order valence-corrected chi connectivity index (χ0v) is 16.9.